The number of halogens is 3. The van der Waals surface area contributed by atoms with Crippen molar-refractivity contribution in [3.8, 4) is 11.5 Å². The van der Waals surface area contributed by atoms with E-state index < -0.39 is 0 Å². The summed E-state index contributed by atoms with van der Waals surface area (Å²) >= 11 is 9.28. The summed E-state index contributed by atoms with van der Waals surface area (Å²) in [6.07, 6.45) is 0. The second-order valence-electron chi connectivity index (χ2n) is 3.83. The third-order valence-corrected chi connectivity index (χ3v) is 3.42. The number of benzene rings is 2. The van der Waals surface area contributed by atoms with Crippen molar-refractivity contribution in [3.63, 3.8) is 0 Å². The Morgan fingerprint density at radius 1 is 1.16 bits per heavy atom. The van der Waals surface area contributed by atoms with Crippen molar-refractivity contribution in [2.75, 3.05) is 7.11 Å². The zero-order chi connectivity index (χ0) is 13.8. The van der Waals surface area contributed by atoms with Gasteiger partial charge in [0.05, 0.1) is 16.6 Å². The number of hydrogen-bond donors (Lipinski definition) is 0. The van der Waals surface area contributed by atoms with Crippen LogP contribution in [0.3, 0.4) is 0 Å². The maximum Gasteiger partial charge on any atom is 0.138 e. The average Bonchev–Trinajstić information content (AvgIpc) is 2.38. The molecule has 0 saturated carbocycles. The number of hydrogen-bond acceptors (Lipinski definition) is 2. The van der Waals surface area contributed by atoms with E-state index in [-0.39, 0.29) is 10.8 Å². The van der Waals surface area contributed by atoms with Crippen molar-refractivity contribution in [3.05, 3.63) is 57.3 Å². The molecule has 0 amide bonds. The first-order valence-corrected chi connectivity index (χ1v) is 6.67. The predicted molar refractivity (Wildman–Crippen MR) is 76.4 cm³/mol. The van der Waals surface area contributed by atoms with Crippen molar-refractivity contribution in [1.29, 1.82) is 0 Å². The van der Waals surface area contributed by atoms with Crippen LogP contribution in [-0.4, -0.2) is 7.11 Å². The van der Waals surface area contributed by atoms with Gasteiger partial charge in [0.1, 0.15) is 23.9 Å². The Bertz CT molecular complexity index is 590. The van der Waals surface area contributed by atoms with Gasteiger partial charge in [-0.2, -0.15) is 0 Å². The summed E-state index contributed by atoms with van der Waals surface area (Å²) < 4.78 is 24.4. The first-order valence-electron chi connectivity index (χ1n) is 5.50. The van der Waals surface area contributed by atoms with Crippen LogP contribution in [0, 0.1) is 5.82 Å². The lowest BCUT2D eigenvalue weighted by atomic mass is 10.2. The second-order valence-corrected chi connectivity index (χ2v) is 5.09. The lowest BCUT2D eigenvalue weighted by Gasteiger charge is -2.09. The highest BCUT2D eigenvalue weighted by atomic mass is 79.9. The monoisotopic (exact) mass is 344 g/mol. The Kier molecular flexibility index (Phi) is 4.66. The fourth-order valence-corrected chi connectivity index (χ4v) is 2.36. The second kappa shape index (κ2) is 6.26. The minimum Gasteiger partial charge on any atom is -0.496 e. The highest BCUT2D eigenvalue weighted by molar-refractivity contribution is 9.10. The molecule has 0 spiro atoms. The Labute approximate surface area is 124 Å². The minimum absolute atomic E-state index is 0.257. The molecule has 0 aliphatic carbocycles. The van der Waals surface area contributed by atoms with Crippen molar-refractivity contribution in [1.82, 2.24) is 0 Å². The van der Waals surface area contributed by atoms with Gasteiger partial charge in [0.15, 0.2) is 0 Å². The standard InChI is InChI=1S/C14H11BrClFO2/c1-18-13-4-2-9(6-11(13)15)8-19-14-5-3-10(17)7-12(14)16/h2-7H,8H2,1H3. The van der Waals surface area contributed by atoms with Crippen molar-refractivity contribution >= 4 is 27.5 Å². The van der Waals surface area contributed by atoms with Crippen LogP contribution in [0.25, 0.3) is 0 Å². The summed E-state index contributed by atoms with van der Waals surface area (Å²) in [6, 6.07) is 9.68. The van der Waals surface area contributed by atoms with E-state index in [1.54, 1.807) is 7.11 Å². The van der Waals surface area contributed by atoms with Gasteiger partial charge in [0.2, 0.25) is 0 Å². The Balaban J connectivity index is 2.08. The molecule has 0 aliphatic heterocycles. The largest absolute Gasteiger partial charge is 0.496 e. The van der Waals surface area contributed by atoms with E-state index in [0.29, 0.717) is 12.4 Å². The van der Waals surface area contributed by atoms with Gasteiger partial charge >= 0.3 is 0 Å². The van der Waals surface area contributed by atoms with Gasteiger partial charge < -0.3 is 9.47 Å². The lowest BCUT2D eigenvalue weighted by molar-refractivity contribution is 0.305. The molecule has 2 nitrogen and oxygen atoms in total. The Morgan fingerprint density at radius 2 is 1.89 bits per heavy atom. The predicted octanol–water partition coefficient (Wildman–Crippen LogP) is 4.83. The molecular formula is C14H11BrClFO2. The molecule has 0 N–H and O–H groups in total. The van der Waals surface area contributed by atoms with Crippen LogP contribution in [0.4, 0.5) is 4.39 Å². The van der Waals surface area contributed by atoms with Crippen LogP contribution >= 0.6 is 27.5 Å². The van der Waals surface area contributed by atoms with Crippen LogP contribution in [0.5, 0.6) is 11.5 Å². The molecule has 0 radical (unpaired) electrons. The van der Waals surface area contributed by atoms with E-state index in [9.17, 15) is 4.39 Å². The number of methoxy groups -OCH3 is 1. The minimum atomic E-state index is -0.385. The molecule has 100 valence electrons. The smallest absolute Gasteiger partial charge is 0.138 e. The normalized spacial score (nSPS) is 10.3. The molecule has 0 aromatic heterocycles. The Hall–Kier alpha value is -1.26. The summed E-state index contributed by atoms with van der Waals surface area (Å²) in [4.78, 5) is 0. The molecule has 2 aromatic rings. The van der Waals surface area contributed by atoms with Crippen LogP contribution in [-0.2, 0) is 6.61 Å². The van der Waals surface area contributed by atoms with Gasteiger partial charge in [-0.05, 0) is 51.8 Å². The van der Waals surface area contributed by atoms with E-state index >= 15 is 0 Å². The van der Waals surface area contributed by atoms with E-state index in [1.807, 2.05) is 18.2 Å². The third-order valence-electron chi connectivity index (χ3n) is 2.50. The van der Waals surface area contributed by atoms with E-state index in [2.05, 4.69) is 15.9 Å². The summed E-state index contributed by atoms with van der Waals surface area (Å²) in [5.74, 6) is 0.822. The Morgan fingerprint density at radius 3 is 2.53 bits per heavy atom. The van der Waals surface area contributed by atoms with E-state index in [0.717, 1.165) is 15.8 Å². The SMILES string of the molecule is COc1ccc(COc2ccc(F)cc2Cl)cc1Br. The summed E-state index contributed by atoms with van der Waals surface area (Å²) in [5, 5.41) is 0.257. The third kappa shape index (κ3) is 3.61. The summed E-state index contributed by atoms with van der Waals surface area (Å²) in [5.41, 5.74) is 0.952. The topological polar surface area (TPSA) is 18.5 Å². The zero-order valence-corrected chi connectivity index (χ0v) is 12.5. The molecule has 0 aliphatic rings. The number of ether oxygens (including phenoxy) is 2. The zero-order valence-electron chi connectivity index (χ0n) is 10.1. The van der Waals surface area contributed by atoms with E-state index in [4.69, 9.17) is 21.1 Å². The summed E-state index contributed by atoms with van der Waals surface area (Å²) in [6.45, 7) is 0.341. The molecule has 19 heavy (non-hydrogen) atoms. The van der Waals surface area contributed by atoms with Gasteiger partial charge in [-0.3, -0.25) is 0 Å². The first-order chi connectivity index (χ1) is 9.10. The van der Waals surface area contributed by atoms with E-state index in [1.165, 1.54) is 18.2 Å². The molecule has 2 rings (SSSR count). The molecule has 0 saturated heterocycles. The summed E-state index contributed by atoms with van der Waals surface area (Å²) in [7, 11) is 1.61. The van der Waals surface area contributed by atoms with Crippen LogP contribution in [0.1, 0.15) is 5.56 Å². The quantitative estimate of drug-likeness (QED) is 0.790. The maximum absolute atomic E-state index is 12.9. The van der Waals surface area contributed by atoms with Crippen molar-refractivity contribution in [2.24, 2.45) is 0 Å². The first kappa shape index (κ1) is 14.2. The highest BCUT2D eigenvalue weighted by Gasteiger charge is 2.05. The molecule has 5 heteroatoms. The molecule has 0 atom stereocenters. The fourth-order valence-electron chi connectivity index (χ4n) is 1.55. The van der Waals surface area contributed by atoms with Crippen LogP contribution in [0.2, 0.25) is 5.02 Å². The van der Waals surface area contributed by atoms with Crippen molar-refractivity contribution in [2.45, 2.75) is 6.61 Å². The molecule has 0 unspecified atom stereocenters. The van der Waals surface area contributed by atoms with Gasteiger partial charge in [0, 0.05) is 0 Å². The van der Waals surface area contributed by atoms with Gasteiger partial charge in [0.25, 0.3) is 0 Å². The lowest BCUT2D eigenvalue weighted by Crippen LogP contribution is -1.97. The fraction of sp³-hybridized carbons (Fsp3) is 0.143. The molecule has 0 bridgehead atoms. The average molecular weight is 346 g/mol. The highest BCUT2D eigenvalue weighted by Crippen LogP contribution is 2.28. The van der Waals surface area contributed by atoms with Gasteiger partial charge in [-0.1, -0.05) is 17.7 Å². The van der Waals surface area contributed by atoms with Gasteiger partial charge in [-0.25, -0.2) is 4.39 Å². The van der Waals surface area contributed by atoms with Gasteiger partial charge in [-0.15, -0.1) is 0 Å². The number of rotatable bonds is 4. The van der Waals surface area contributed by atoms with Crippen LogP contribution in [0.15, 0.2) is 40.9 Å². The molecular weight excluding hydrogens is 335 g/mol. The molecule has 0 heterocycles. The maximum atomic E-state index is 12.9. The van der Waals surface area contributed by atoms with Crippen LogP contribution < -0.4 is 9.47 Å². The molecule has 2 aromatic carbocycles. The molecule has 0 fully saturated rings. The van der Waals surface area contributed by atoms with Crippen molar-refractivity contribution < 1.29 is 13.9 Å².